The third-order valence-corrected chi connectivity index (χ3v) is 5.61. The minimum absolute atomic E-state index is 0.330. The molecule has 3 aromatic heterocycles. The van der Waals surface area contributed by atoms with E-state index < -0.39 is 5.97 Å². The predicted octanol–water partition coefficient (Wildman–Crippen LogP) is 4.41. The molecule has 0 radical (unpaired) electrons. The van der Waals surface area contributed by atoms with E-state index in [0.717, 1.165) is 27.8 Å². The monoisotopic (exact) mass is 418 g/mol. The summed E-state index contributed by atoms with van der Waals surface area (Å²) < 4.78 is 4.76. The van der Waals surface area contributed by atoms with Crippen LogP contribution < -0.4 is 5.32 Å². The fraction of sp³-hybridized carbons (Fsp3) is 0.136. The number of aryl methyl sites for hydroxylation is 2. The van der Waals surface area contributed by atoms with E-state index in [2.05, 4.69) is 15.3 Å². The molecule has 0 unspecified atom stereocenters. The normalized spacial score (nSPS) is 10.8. The van der Waals surface area contributed by atoms with Crippen LogP contribution in [0.2, 0.25) is 0 Å². The molecule has 0 atom stereocenters. The lowest BCUT2D eigenvalue weighted by molar-refractivity contribution is 0.0605. The number of carbonyl (C=O) groups excluding carboxylic acids is 2. The van der Waals surface area contributed by atoms with Crippen molar-refractivity contribution in [3.63, 3.8) is 0 Å². The van der Waals surface area contributed by atoms with Gasteiger partial charge in [-0.2, -0.15) is 0 Å². The van der Waals surface area contributed by atoms with Gasteiger partial charge in [0.1, 0.15) is 4.88 Å². The van der Waals surface area contributed by atoms with E-state index in [0.29, 0.717) is 32.5 Å². The van der Waals surface area contributed by atoms with E-state index in [9.17, 15) is 9.59 Å². The second-order valence-corrected chi connectivity index (χ2v) is 7.70. The molecule has 0 saturated carbocycles. The molecule has 0 aliphatic rings. The summed E-state index contributed by atoms with van der Waals surface area (Å²) in [5, 5.41) is 3.88. The molecule has 1 N–H and O–H groups in total. The van der Waals surface area contributed by atoms with Crippen LogP contribution in [0.25, 0.3) is 22.2 Å². The third kappa shape index (κ3) is 3.77. The van der Waals surface area contributed by atoms with Crippen LogP contribution >= 0.6 is 11.3 Å². The number of nitrogens with one attached hydrogen (secondary N) is 1. The zero-order chi connectivity index (χ0) is 21.3. The number of anilines is 1. The van der Waals surface area contributed by atoms with Gasteiger partial charge in [0.2, 0.25) is 0 Å². The Hall–Kier alpha value is -3.65. The number of carbonyl (C=O) groups is 2. The summed E-state index contributed by atoms with van der Waals surface area (Å²) in [6, 6.07) is 11.2. The molecule has 3 heterocycles. The minimum Gasteiger partial charge on any atom is -0.465 e. The van der Waals surface area contributed by atoms with E-state index in [1.54, 1.807) is 25.4 Å². The number of amides is 1. The molecule has 4 aromatic rings. The maximum absolute atomic E-state index is 13.2. The van der Waals surface area contributed by atoms with Gasteiger partial charge in [-0.1, -0.05) is 23.0 Å². The Morgan fingerprint density at radius 1 is 1.10 bits per heavy atom. The first-order valence-electron chi connectivity index (χ1n) is 9.15. The number of pyridine rings is 2. The topological polar surface area (TPSA) is 94.1 Å². The van der Waals surface area contributed by atoms with Gasteiger partial charge in [-0.15, -0.1) is 0 Å². The Labute approximate surface area is 176 Å². The maximum atomic E-state index is 13.2. The van der Waals surface area contributed by atoms with E-state index in [-0.39, 0.29) is 5.91 Å². The van der Waals surface area contributed by atoms with Crippen molar-refractivity contribution >= 4 is 39.2 Å². The molecular formula is C22H18N4O3S. The van der Waals surface area contributed by atoms with Crippen molar-refractivity contribution in [3.8, 4) is 11.3 Å². The van der Waals surface area contributed by atoms with Crippen molar-refractivity contribution in [2.45, 2.75) is 13.8 Å². The average Bonchev–Trinajstić information content (AvgIpc) is 3.12. The average molecular weight is 418 g/mol. The van der Waals surface area contributed by atoms with Gasteiger partial charge in [-0.25, -0.2) is 14.8 Å². The summed E-state index contributed by atoms with van der Waals surface area (Å²) in [7, 11) is 1.31. The largest absolute Gasteiger partial charge is 0.465 e. The first-order valence-corrected chi connectivity index (χ1v) is 9.97. The Balaban J connectivity index is 1.78. The van der Waals surface area contributed by atoms with Gasteiger partial charge in [0, 0.05) is 23.3 Å². The number of methoxy groups -OCH3 is 1. The SMILES string of the molecule is COC(=O)c1sc(NC(=O)c2cc(-c3cccnc3)nc3ccc(C)cc23)nc1C. The summed E-state index contributed by atoms with van der Waals surface area (Å²) in [6.45, 7) is 3.66. The molecule has 0 fully saturated rings. The lowest BCUT2D eigenvalue weighted by atomic mass is 10.0. The Morgan fingerprint density at radius 3 is 2.67 bits per heavy atom. The molecule has 0 saturated heterocycles. The first-order chi connectivity index (χ1) is 14.5. The third-order valence-electron chi connectivity index (χ3n) is 4.55. The Morgan fingerprint density at radius 2 is 1.93 bits per heavy atom. The molecule has 0 spiro atoms. The van der Waals surface area contributed by atoms with Crippen LogP contribution in [0.4, 0.5) is 5.13 Å². The van der Waals surface area contributed by atoms with Gasteiger partial charge in [0.05, 0.1) is 29.6 Å². The quantitative estimate of drug-likeness (QED) is 0.494. The predicted molar refractivity (Wildman–Crippen MR) is 116 cm³/mol. The molecule has 8 heteroatoms. The van der Waals surface area contributed by atoms with Crippen molar-refractivity contribution < 1.29 is 14.3 Å². The maximum Gasteiger partial charge on any atom is 0.350 e. The van der Waals surface area contributed by atoms with Crippen molar-refractivity contribution in [2.24, 2.45) is 0 Å². The van der Waals surface area contributed by atoms with E-state index in [1.165, 1.54) is 7.11 Å². The number of thiazole rings is 1. The summed E-state index contributed by atoms with van der Waals surface area (Å²) >= 11 is 1.08. The Kier molecular flexibility index (Phi) is 5.24. The summed E-state index contributed by atoms with van der Waals surface area (Å²) in [6.07, 6.45) is 3.39. The van der Waals surface area contributed by atoms with Crippen molar-refractivity contribution in [1.29, 1.82) is 0 Å². The van der Waals surface area contributed by atoms with Crippen LogP contribution in [0.5, 0.6) is 0 Å². The lowest BCUT2D eigenvalue weighted by Gasteiger charge is -2.10. The minimum atomic E-state index is -0.477. The van der Waals surface area contributed by atoms with E-state index in [1.807, 2.05) is 37.3 Å². The van der Waals surface area contributed by atoms with Gasteiger partial charge in [-0.05, 0) is 44.2 Å². The van der Waals surface area contributed by atoms with Crippen LogP contribution in [0.1, 0.15) is 31.3 Å². The molecule has 0 aliphatic carbocycles. The number of benzene rings is 1. The highest BCUT2D eigenvalue weighted by Crippen LogP contribution is 2.28. The molecule has 1 amide bonds. The number of hydrogen-bond donors (Lipinski definition) is 1. The highest BCUT2D eigenvalue weighted by atomic mass is 32.1. The number of ether oxygens (including phenoxy) is 1. The van der Waals surface area contributed by atoms with Crippen LogP contribution in [-0.2, 0) is 4.74 Å². The standard InChI is InChI=1S/C22H18N4O3S/c1-12-6-7-17-15(9-12)16(10-18(25-17)14-5-4-8-23-11-14)20(27)26-22-24-13(2)19(30-22)21(28)29-3/h4-11H,1-3H3,(H,24,26,27). The number of rotatable bonds is 4. The zero-order valence-corrected chi connectivity index (χ0v) is 17.4. The molecule has 30 heavy (non-hydrogen) atoms. The fourth-order valence-electron chi connectivity index (χ4n) is 3.09. The molecule has 7 nitrogen and oxygen atoms in total. The molecule has 150 valence electrons. The van der Waals surface area contributed by atoms with Gasteiger partial charge in [0.25, 0.3) is 5.91 Å². The van der Waals surface area contributed by atoms with Crippen molar-refractivity contribution in [3.05, 3.63) is 70.5 Å². The number of hydrogen-bond acceptors (Lipinski definition) is 7. The lowest BCUT2D eigenvalue weighted by Crippen LogP contribution is -2.13. The molecule has 0 bridgehead atoms. The van der Waals surface area contributed by atoms with Crippen LogP contribution in [0.3, 0.4) is 0 Å². The second-order valence-electron chi connectivity index (χ2n) is 6.70. The summed E-state index contributed by atoms with van der Waals surface area (Å²) in [5.41, 5.74) is 4.16. The van der Waals surface area contributed by atoms with Gasteiger partial charge in [0.15, 0.2) is 5.13 Å². The Bertz CT molecular complexity index is 1270. The first kappa shape index (κ1) is 19.7. The van der Waals surface area contributed by atoms with Crippen molar-refractivity contribution in [2.75, 3.05) is 12.4 Å². The fourth-order valence-corrected chi connectivity index (χ4v) is 3.97. The summed E-state index contributed by atoms with van der Waals surface area (Å²) in [4.78, 5) is 38.5. The van der Waals surface area contributed by atoms with E-state index >= 15 is 0 Å². The van der Waals surface area contributed by atoms with Gasteiger partial charge in [-0.3, -0.25) is 15.1 Å². The second kappa shape index (κ2) is 8.00. The smallest absolute Gasteiger partial charge is 0.350 e. The number of esters is 1. The van der Waals surface area contributed by atoms with Crippen LogP contribution in [0, 0.1) is 13.8 Å². The van der Waals surface area contributed by atoms with Crippen LogP contribution in [-0.4, -0.2) is 33.9 Å². The van der Waals surface area contributed by atoms with Gasteiger partial charge >= 0.3 is 5.97 Å². The highest BCUT2D eigenvalue weighted by molar-refractivity contribution is 7.17. The number of nitrogens with zero attached hydrogens (tertiary/aromatic N) is 3. The molecule has 1 aromatic carbocycles. The number of fused-ring (bicyclic) bond motifs is 1. The van der Waals surface area contributed by atoms with E-state index in [4.69, 9.17) is 9.72 Å². The molecular weight excluding hydrogens is 400 g/mol. The summed E-state index contributed by atoms with van der Waals surface area (Å²) in [5.74, 6) is -0.808. The van der Waals surface area contributed by atoms with Gasteiger partial charge < -0.3 is 4.74 Å². The van der Waals surface area contributed by atoms with Crippen LogP contribution in [0.15, 0.2) is 48.8 Å². The highest BCUT2D eigenvalue weighted by Gasteiger charge is 2.19. The van der Waals surface area contributed by atoms with Crippen molar-refractivity contribution in [1.82, 2.24) is 15.0 Å². The number of aromatic nitrogens is 3. The molecule has 0 aliphatic heterocycles. The zero-order valence-electron chi connectivity index (χ0n) is 16.6. The molecule has 4 rings (SSSR count).